The van der Waals surface area contributed by atoms with Crippen LogP contribution in [0.2, 0.25) is 0 Å². The number of nitrogens with zero attached hydrogens (tertiary/aromatic N) is 3. The first-order valence-electron chi connectivity index (χ1n) is 11.1. The van der Waals surface area contributed by atoms with Crippen molar-refractivity contribution in [2.24, 2.45) is 7.05 Å². The molecule has 4 atom stereocenters. The number of aliphatic hydroxyl groups excluding tert-OH is 1. The summed E-state index contributed by atoms with van der Waals surface area (Å²) in [5.41, 5.74) is 2.07. The standard InChI is InChI=1S/C24H27FN6O3S/c1-15(34-14-16-6-4-3-5-7-16)20-9-8-19-21(35(27,33)30-20)13-31(2)23(19)24(32)29-17-10-18(12-26)28-22(25)11-17/h3-7,10-11,13,15,20,24,32H,8-9,14H2,1-2H3,(H,28,29)(H2,27,30,33)/t15-,20-,24?,35?/m1/s1. The number of nitrogens with one attached hydrogen (secondary N) is 3. The third kappa shape index (κ3) is 5.52. The van der Waals surface area contributed by atoms with Crippen LogP contribution in [0.15, 0.2) is 53.6 Å². The van der Waals surface area contributed by atoms with E-state index >= 15 is 0 Å². The zero-order chi connectivity index (χ0) is 25.2. The van der Waals surface area contributed by atoms with Crippen LogP contribution in [0.5, 0.6) is 0 Å². The van der Waals surface area contributed by atoms with Gasteiger partial charge in [0.05, 0.1) is 23.3 Å². The fourth-order valence-corrected chi connectivity index (χ4v) is 5.99. The Hall–Kier alpha value is -3.30. The molecule has 1 aromatic carbocycles. The van der Waals surface area contributed by atoms with Crippen molar-refractivity contribution >= 4 is 15.6 Å². The molecule has 3 heterocycles. The summed E-state index contributed by atoms with van der Waals surface area (Å²) in [6.45, 7) is 2.28. The highest BCUT2D eigenvalue weighted by Crippen LogP contribution is 2.32. The first-order chi connectivity index (χ1) is 16.7. The van der Waals surface area contributed by atoms with E-state index in [-0.39, 0.29) is 23.5 Å². The molecule has 4 N–H and O–H groups in total. The van der Waals surface area contributed by atoms with Gasteiger partial charge in [0.25, 0.3) is 0 Å². The lowest BCUT2D eigenvalue weighted by molar-refractivity contribution is 0.0308. The number of benzene rings is 1. The second-order valence-corrected chi connectivity index (χ2v) is 10.3. The Morgan fingerprint density at radius 1 is 1.43 bits per heavy atom. The van der Waals surface area contributed by atoms with Gasteiger partial charge in [-0.3, -0.25) is 0 Å². The number of anilines is 1. The van der Waals surface area contributed by atoms with E-state index in [9.17, 15) is 13.7 Å². The highest BCUT2D eigenvalue weighted by atomic mass is 32.2. The van der Waals surface area contributed by atoms with Gasteiger partial charge in [-0.05, 0) is 37.0 Å². The molecule has 4 rings (SSSR count). The van der Waals surface area contributed by atoms with Gasteiger partial charge in [-0.15, -0.1) is 0 Å². The molecule has 2 unspecified atom stereocenters. The van der Waals surface area contributed by atoms with E-state index in [1.807, 2.05) is 37.3 Å². The van der Waals surface area contributed by atoms with Gasteiger partial charge in [0.1, 0.15) is 21.7 Å². The van der Waals surface area contributed by atoms with Gasteiger partial charge >= 0.3 is 0 Å². The zero-order valence-electron chi connectivity index (χ0n) is 19.4. The van der Waals surface area contributed by atoms with Gasteiger partial charge in [0.15, 0.2) is 6.23 Å². The van der Waals surface area contributed by atoms with Crippen LogP contribution >= 0.6 is 0 Å². The molecule has 0 saturated heterocycles. The molecular formula is C24H27FN6O3S. The number of nitriles is 1. The van der Waals surface area contributed by atoms with Crippen LogP contribution in [-0.2, 0) is 34.7 Å². The third-order valence-corrected chi connectivity index (χ3v) is 7.63. The monoisotopic (exact) mass is 498 g/mol. The minimum atomic E-state index is -3.38. The van der Waals surface area contributed by atoms with E-state index in [0.717, 1.165) is 11.6 Å². The summed E-state index contributed by atoms with van der Waals surface area (Å²) in [4.78, 5) is 3.76. The molecule has 3 aromatic rings. The van der Waals surface area contributed by atoms with Crippen LogP contribution in [0.25, 0.3) is 0 Å². The van der Waals surface area contributed by atoms with Crippen molar-refractivity contribution < 1.29 is 18.4 Å². The maximum Gasteiger partial charge on any atom is 0.216 e. The van der Waals surface area contributed by atoms with Gasteiger partial charge < -0.3 is 19.7 Å². The van der Waals surface area contributed by atoms with E-state index in [0.29, 0.717) is 35.6 Å². The fourth-order valence-electron chi connectivity index (χ4n) is 4.27. The lowest BCUT2D eigenvalue weighted by atomic mass is 10.0. The SMILES string of the molecule is C[C@@H](OCc1ccccc1)[C@H]1CCc2c(cn(C)c2C(O)Nc2cc(F)nc(C#N)c2)S(=N)(=O)N1. The van der Waals surface area contributed by atoms with Gasteiger partial charge in [0.2, 0.25) is 5.95 Å². The number of hydrogen-bond donors (Lipinski definition) is 4. The molecule has 2 aromatic heterocycles. The van der Waals surface area contributed by atoms with Crippen LogP contribution in [0.1, 0.15) is 42.1 Å². The lowest BCUT2D eigenvalue weighted by Crippen LogP contribution is -2.41. The van der Waals surface area contributed by atoms with Crippen LogP contribution < -0.4 is 10.0 Å². The number of pyridine rings is 1. The largest absolute Gasteiger partial charge is 0.372 e. The summed E-state index contributed by atoms with van der Waals surface area (Å²) in [5.74, 6) is -0.852. The zero-order valence-corrected chi connectivity index (χ0v) is 20.2. The van der Waals surface area contributed by atoms with E-state index in [2.05, 4.69) is 15.0 Å². The molecule has 1 aliphatic heterocycles. The molecule has 184 valence electrons. The van der Waals surface area contributed by atoms with Crippen LogP contribution in [0.4, 0.5) is 10.1 Å². The molecule has 35 heavy (non-hydrogen) atoms. The Morgan fingerprint density at radius 3 is 2.89 bits per heavy atom. The average Bonchev–Trinajstić information content (AvgIpc) is 3.11. The van der Waals surface area contributed by atoms with Gasteiger partial charge in [-0.1, -0.05) is 30.3 Å². The summed E-state index contributed by atoms with van der Waals surface area (Å²) in [7, 11) is -1.70. The second-order valence-electron chi connectivity index (χ2n) is 8.51. The molecule has 0 spiro atoms. The van der Waals surface area contributed by atoms with Crippen molar-refractivity contribution in [1.29, 1.82) is 10.0 Å². The number of ether oxygens (including phenoxy) is 1. The number of halogens is 1. The Balaban J connectivity index is 1.54. The highest BCUT2D eigenvalue weighted by Gasteiger charge is 2.33. The second kappa shape index (κ2) is 10.1. The van der Waals surface area contributed by atoms with E-state index in [1.165, 1.54) is 6.07 Å². The van der Waals surface area contributed by atoms with Crippen molar-refractivity contribution in [2.75, 3.05) is 5.32 Å². The smallest absolute Gasteiger partial charge is 0.216 e. The topological polar surface area (TPSA) is 136 Å². The number of rotatable bonds is 7. The summed E-state index contributed by atoms with van der Waals surface area (Å²) in [5, 5.41) is 22.7. The number of aromatic nitrogens is 2. The van der Waals surface area contributed by atoms with E-state index in [4.69, 9.17) is 14.8 Å². The van der Waals surface area contributed by atoms with Crippen LogP contribution in [0, 0.1) is 22.1 Å². The van der Waals surface area contributed by atoms with E-state index in [1.54, 1.807) is 23.9 Å². The Kier molecular flexibility index (Phi) is 7.18. The molecule has 0 amide bonds. The Bertz CT molecular complexity index is 1350. The summed E-state index contributed by atoms with van der Waals surface area (Å²) in [6.07, 6.45) is 0.949. The third-order valence-electron chi connectivity index (χ3n) is 6.02. The fraction of sp³-hybridized carbons (Fsp3) is 0.333. The molecule has 0 aliphatic carbocycles. The van der Waals surface area contributed by atoms with E-state index < -0.39 is 22.1 Å². The number of fused-ring (bicyclic) bond motifs is 1. The van der Waals surface area contributed by atoms with Crippen molar-refractivity contribution in [3.05, 3.63) is 77.1 Å². The maximum atomic E-state index is 13.7. The molecule has 0 bridgehead atoms. The molecule has 0 fully saturated rings. The minimum Gasteiger partial charge on any atom is -0.372 e. The van der Waals surface area contributed by atoms with Gasteiger partial charge in [-0.25, -0.2) is 18.7 Å². The van der Waals surface area contributed by atoms with Crippen molar-refractivity contribution in [3.63, 3.8) is 0 Å². The molecule has 9 nitrogen and oxygen atoms in total. The minimum absolute atomic E-state index is 0.129. The van der Waals surface area contributed by atoms with Gasteiger partial charge in [-0.2, -0.15) is 9.65 Å². The first kappa shape index (κ1) is 24.8. The van der Waals surface area contributed by atoms with Crippen LogP contribution in [-0.4, -0.2) is 31.0 Å². The first-order valence-corrected chi connectivity index (χ1v) is 12.7. The molecule has 0 saturated carbocycles. The normalized spacial score (nSPS) is 21.4. The Labute approximate surface area is 203 Å². The average molecular weight is 499 g/mol. The quantitative estimate of drug-likeness (QED) is 0.291. The number of aliphatic hydroxyl groups is 1. The molecule has 0 radical (unpaired) electrons. The molecular weight excluding hydrogens is 471 g/mol. The number of hydrogen-bond acceptors (Lipinski definition) is 7. The van der Waals surface area contributed by atoms with Crippen LogP contribution in [0.3, 0.4) is 0 Å². The molecule has 11 heteroatoms. The Morgan fingerprint density at radius 2 is 2.17 bits per heavy atom. The van der Waals surface area contributed by atoms with Crippen molar-refractivity contribution in [1.82, 2.24) is 14.3 Å². The predicted octanol–water partition coefficient (Wildman–Crippen LogP) is 3.36. The molecule has 1 aliphatic rings. The highest BCUT2D eigenvalue weighted by molar-refractivity contribution is 7.90. The summed E-state index contributed by atoms with van der Waals surface area (Å²) < 4.78 is 46.3. The predicted molar refractivity (Wildman–Crippen MR) is 128 cm³/mol. The summed E-state index contributed by atoms with van der Waals surface area (Å²) in [6, 6.07) is 13.6. The van der Waals surface area contributed by atoms with Crippen molar-refractivity contribution in [3.8, 4) is 6.07 Å². The lowest BCUT2D eigenvalue weighted by Gasteiger charge is -2.24. The van der Waals surface area contributed by atoms with Crippen molar-refractivity contribution in [2.45, 2.75) is 49.6 Å². The maximum absolute atomic E-state index is 13.7. The van der Waals surface area contributed by atoms with Gasteiger partial charge in [0, 0.05) is 31.0 Å². The summed E-state index contributed by atoms with van der Waals surface area (Å²) >= 11 is 0. The number of aryl methyl sites for hydroxylation is 1.